The standard InChI is InChI=1S/C10H12N2O2S/c11-8-9-1-2-12-10(7-9)15-6-5-14-4-3-13/h1-2,7,13H,3-6H2. The number of aliphatic hydroxyl groups is 1. The third kappa shape index (κ3) is 4.79. The van der Waals surface area contributed by atoms with Gasteiger partial charge in [0, 0.05) is 11.9 Å². The van der Waals surface area contributed by atoms with Crippen molar-refractivity contribution in [2.24, 2.45) is 0 Å². The van der Waals surface area contributed by atoms with Crippen LogP contribution in [-0.4, -0.2) is 35.7 Å². The van der Waals surface area contributed by atoms with Crippen LogP contribution in [0.2, 0.25) is 0 Å². The third-order valence-corrected chi connectivity index (χ3v) is 2.47. The van der Waals surface area contributed by atoms with E-state index < -0.39 is 0 Å². The highest BCUT2D eigenvalue weighted by Crippen LogP contribution is 2.15. The highest BCUT2D eigenvalue weighted by Gasteiger charge is 1.97. The van der Waals surface area contributed by atoms with Gasteiger partial charge < -0.3 is 9.84 Å². The number of hydrogen-bond donors (Lipinski definition) is 1. The van der Waals surface area contributed by atoms with Crippen molar-refractivity contribution in [3.8, 4) is 6.07 Å². The summed E-state index contributed by atoms with van der Waals surface area (Å²) in [5.74, 6) is 0.766. The monoisotopic (exact) mass is 224 g/mol. The summed E-state index contributed by atoms with van der Waals surface area (Å²) in [4.78, 5) is 4.11. The Morgan fingerprint density at radius 3 is 3.13 bits per heavy atom. The number of aliphatic hydroxyl groups excluding tert-OH is 1. The topological polar surface area (TPSA) is 66.1 Å². The Hall–Kier alpha value is -1.09. The Labute approximate surface area is 92.9 Å². The summed E-state index contributed by atoms with van der Waals surface area (Å²) in [7, 11) is 0. The van der Waals surface area contributed by atoms with Gasteiger partial charge in [-0.1, -0.05) is 0 Å². The van der Waals surface area contributed by atoms with Crippen LogP contribution in [0.25, 0.3) is 0 Å². The highest BCUT2D eigenvalue weighted by molar-refractivity contribution is 7.99. The van der Waals surface area contributed by atoms with Crippen LogP contribution in [0.15, 0.2) is 23.4 Å². The molecule has 1 aromatic heterocycles. The number of pyridine rings is 1. The lowest BCUT2D eigenvalue weighted by atomic mass is 10.3. The molecule has 0 unspecified atom stereocenters. The fourth-order valence-corrected chi connectivity index (χ4v) is 1.69. The van der Waals surface area contributed by atoms with E-state index in [1.54, 1.807) is 18.3 Å². The molecule has 0 atom stereocenters. The van der Waals surface area contributed by atoms with Gasteiger partial charge in [-0.2, -0.15) is 5.26 Å². The maximum atomic E-state index is 8.66. The number of ether oxygens (including phenoxy) is 1. The molecule has 5 heteroatoms. The summed E-state index contributed by atoms with van der Waals surface area (Å²) in [5.41, 5.74) is 0.615. The Kier molecular flexibility index (Phi) is 5.78. The van der Waals surface area contributed by atoms with E-state index in [1.165, 1.54) is 11.8 Å². The molecule has 0 spiro atoms. The summed E-state index contributed by atoms with van der Waals surface area (Å²) in [6, 6.07) is 5.48. The van der Waals surface area contributed by atoms with Gasteiger partial charge in [0.1, 0.15) is 0 Å². The fourth-order valence-electron chi connectivity index (χ4n) is 0.930. The van der Waals surface area contributed by atoms with Gasteiger partial charge in [0.25, 0.3) is 0 Å². The van der Waals surface area contributed by atoms with Crippen molar-refractivity contribution in [2.75, 3.05) is 25.6 Å². The second-order valence-corrected chi connectivity index (χ2v) is 3.79. The van der Waals surface area contributed by atoms with Gasteiger partial charge in [-0.15, -0.1) is 11.8 Å². The average molecular weight is 224 g/mol. The molecule has 0 aliphatic heterocycles. The van der Waals surface area contributed by atoms with Crippen LogP contribution in [0.4, 0.5) is 0 Å². The molecule has 1 rings (SSSR count). The number of rotatable bonds is 6. The van der Waals surface area contributed by atoms with Gasteiger partial charge >= 0.3 is 0 Å². The summed E-state index contributed by atoms with van der Waals surface area (Å²) in [6.07, 6.45) is 1.62. The van der Waals surface area contributed by atoms with E-state index in [1.807, 2.05) is 0 Å². The molecule has 0 saturated carbocycles. The number of nitrogens with zero attached hydrogens (tertiary/aromatic N) is 2. The normalized spacial score (nSPS) is 9.87. The smallest absolute Gasteiger partial charge is 0.0993 e. The zero-order valence-electron chi connectivity index (χ0n) is 8.22. The molecule has 0 aliphatic rings. The summed E-state index contributed by atoms with van der Waals surface area (Å²) in [5, 5.41) is 18.0. The Morgan fingerprint density at radius 1 is 1.53 bits per heavy atom. The van der Waals surface area contributed by atoms with E-state index >= 15 is 0 Å². The van der Waals surface area contributed by atoms with Crippen molar-refractivity contribution in [2.45, 2.75) is 5.03 Å². The van der Waals surface area contributed by atoms with Gasteiger partial charge in [-0.25, -0.2) is 4.98 Å². The first-order chi connectivity index (χ1) is 7.36. The molecule has 0 amide bonds. The van der Waals surface area contributed by atoms with Crippen LogP contribution in [0.3, 0.4) is 0 Å². The van der Waals surface area contributed by atoms with Crippen molar-refractivity contribution in [1.82, 2.24) is 4.98 Å². The van der Waals surface area contributed by atoms with Gasteiger partial charge in [0.05, 0.1) is 36.5 Å². The minimum Gasteiger partial charge on any atom is -0.394 e. The number of hydrogen-bond acceptors (Lipinski definition) is 5. The summed E-state index contributed by atoms with van der Waals surface area (Å²) >= 11 is 1.53. The predicted molar refractivity (Wildman–Crippen MR) is 57.6 cm³/mol. The van der Waals surface area contributed by atoms with Gasteiger partial charge in [-0.05, 0) is 12.1 Å². The lowest BCUT2D eigenvalue weighted by Gasteiger charge is -2.01. The Morgan fingerprint density at radius 2 is 2.40 bits per heavy atom. The number of thioether (sulfide) groups is 1. The second-order valence-electron chi connectivity index (χ2n) is 2.68. The van der Waals surface area contributed by atoms with E-state index in [2.05, 4.69) is 11.1 Å². The molecule has 0 fully saturated rings. The molecule has 0 aliphatic carbocycles. The average Bonchev–Trinajstić information content (AvgIpc) is 2.29. The van der Waals surface area contributed by atoms with Crippen molar-refractivity contribution in [3.05, 3.63) is 23.9 Å². The lowest BCUT2D eigenvalue weighted by molar-refractivity contribution is 0.103. The van der Waals surface area contributed by atoms with E-state index in [4.69, 9.17) is 15.1 Å². The van der Waals surface area contributed by atoms with Crippen molar-refractivity contribution < 1.29 is 9.84 Å². The summed E-state index contributed by atoms with van der Waals surface area (Å²) in [6.45, 7) is 0.989. The van der Waals surface area contributed by atoms with Crippen LogP contribution < -0.4 is 0 Å². The Balaban J connectivity index is 2.28. The molecule has 1 N–H and O–H groups in total. The van der Waals surface area contributed by atoms with Gasteiger partial charge in [0.15, 0.2) is 0 Å². The molecule has 0 saturated heterocycles. The molecule has 80 valence electrons. The zero-order chi connectivity index (χ0) is 10.9. The molecule has 4 nitrogen and oxygen atoms in total. The first-order valence-electron chi connectivity index (χ1n) is 4.54. The first kappa shape index (κ1) is 12.0. The summed E-state index contributed by atoms with van der Waals surface area (Å²) < 4.78 is 5.10. The van der Waals surface area contributed by atoms with Crippen LogP contribution in [0.1, 0.15) is 5.56 Å². The SMILES string of the molecule is N#Cc1ccnc(SCCOCCO)c1. The van der Waals surface area contributed by atoms with Crippen LogP contribution >= 0.6 is 11.8 Å². The molecular formula is C10H12N2O2S. The molecule has 1 heterocycles. The van der Waals surface area contributed by atoms with Crippen molar-refractivity contribution >= 4 is 11.8 Å². The zero-order valence-corrected chi connectivity index (χ0v) is 9.04. The van der Waals surface area contributed by atoms with E-state index in [0.29, 0.717) is 18.8 Å². The minimum atomic E-state index is 0.0484. The molecule has 0 bridgehead atoms. The molecule has 1 aromatic rings. The van der Waals surface area contributed by atoms with Crippen LogP contribution in [0, 0.1) is 11.3 Å². The number of nitriles is 1. The first-order valence-corrected chi connectivity index (χ1v) is 5.53. The molecule has 0 aromatic carbocycles. The molecule has 15 heavy (non-hydrogen) atoms. The molecular weight excluding hydrogens is 212 g/mol. The van der Waals surface area contributed by atoms with Crippen molar-refractivity contribution in [1.29, 1.82) is 5.26 Å². The largest absolute Gasteiger partial charge is 0.394 e. The van der Waals surface area contributed by atoms with Gasteiger partial charge in [-0.3, -0.25) is 0 Å². The quantitative estimate of drug-likeness (QED) is 0.578. The lowest BCUT2D eigenvalue weighted by Crippen LogP contribution is -2.02. The fraction of sp³-hybridized carbons (Fsp3) is 0.400. The maximum absolute atomic E-state index is 8.66. The Bertz CT molecular complexity index is 338. The minimum absolute atomic E-state index is 0.0484. The third-order valence-electron chi connectivity index (χ3n) is 1.58. The van der Waals surface area contributed by atoms with E-state index in [0.717, 1.165) is 10.8 Å². The second kappa shape index (κ2) is 7.23. The van der Waals surface area contributed by atoms with Gasteiger partial charge in [0.2, 0.25) is 0 Å². The van der Waals surface area contributed by atoms with E-state index in [9.17, 15) is 0 Å². The maximum Gasteiger partial charge on any atom is 0.0993 e. The highest BCUT2D eigenvalue weighted by atomic mass is 32.2. The van der Waals surface area contributed by atoms with Crippen LogP contribution in [-0.2, 0) is 4.74 Å². The van der Waals surface area contributed by atoms with Crippen LogP contribution in [0.5, 0.6) is 0 Å². The molecule has 0 radical (unpaired) electrons. The van der Waals surface area contributed by atoms with E-state index in [-0.39, 0.29) is 6.61 Å². The predicted octanol–water partition coefficient (Wildman–Crippen LogP) is 1.05. The van der Waals surface area contributed by atoms with Crippen molar-refractivity contribution in [3.63, 3.8) is 0 Å². The number of aromatic nitrogens is 1.